The van der Waals surface area contributed by atoms with Crippen LogP contribution in [0.1, 0.15) is 93.6 Å². The molecule has 0 aromatic heterocycles. The number of anilines is 2. The van der Waals surface area contributed by atoms with Gasteiger partial charge in [-0.05, 0) is 70.2 Å². The van der Waals surface area contributed by atoms with Crippen molar-refractivity contribution in [3.8, 4) is 0 Å². The normalized spacial score (nSPS) is 14.0. The van der Waals surface area contributed by atoms with E-state index in [1.807, 2.05) is 41.5 Å². The number of carbonyl (C=O) groups excluding carboxylic acids is 7. The quantitative estimate of drug-likeness (QED) is 0.149. The number of benzene rings is 1. The summed E-state index contributed by atoms with van der Waals surface area (Å²) in [6, 6.07) is 3.72. The van der Waals surface area contributed by atoms with Gasteiger partial charge in [0, 0.05) is 47.2 Å². The highest BCUT2D eigenvalue weighted by molar-refractivity contribution is 6.28. The number of hydrogen-bond donors (Lipinski definition) is 5. The molecule has 0 aliphatic carbocycles. The smallest absolute Gasteiger partial charge is 0.258 e. The van der Waals surface area contributed by atoms with Crippen molar-refractivity contribution in [1.29, 1.82) is 0 Å². The van der Waals surface area contributed by atoms with Gasteiger partial charge in [0.05, 0.1) is 12.2 Å². The van der Waals surface area contributed by atoms with Crippen molar-refractivity contribution < 1.29 is 33.6 Å². The molecule has 1 atom stereocenters. The van der Waals surface area contributed by atoms with Gasteiger partial charge in [-0.15, -0.1) is 0 Å². The zero-order chi connectivity index (χ0) is 36.4. The zero-order valence-electron chi connectivity index (χ0n) is 29.7. The molecule has 2 rings (SSSR count). The van der Waals surface area contributed by atoms with Crippen LogP contribution in [0.15, 0.2) is 30.4 Å². The molecule has 0 saturated heterocycles. The molecule has 1 unspecified atom stereocenters. The van der Waals surface area contributed by atoms with Crippen molar-refractivity contribution in [2.75, 3.05) is 23.3 Å². The molecule has 264 valence electrons. The second kappa shape index (κ2) is 16.5. The minimum Gasteiger partial charge on any atom is -0.356 e. The van der Waals surface area contributed by atoms with E-state index in [2.05, 4.69) is 26.6 Å². The molecular formula is C35H52N6O7. The summed E-state index contributed by atoms with van der Waals surface area (Å²) in [5.41, 5.74) is -0.551. The van der Waals surface area contributed by atoms with Crippen molar-refractivity contribution in [2.24, 2.45) is 10.8 Å². The number of amides is 7. The van der Waals surface area contributed by atoms with Crippen LogP contribution in [0, 0.1) is 10.8 Å². The number of nitrogens with zero attached hydrogens (tertiary/aromatic N) is 1. The van der Waals surface area contributed by atoms with Gasteiger partial charge in [0.2, 0.25) is 29.5 Å². The van der Waals surface area contributed by atoms with Gasteiger partial charge in [-0.25, -0.2) is 4.90 Å². The van der Waals surface area contributed by atoms with Gasteiger partial charge < -0.3 is 26.6 Å². The third kappa shape index (κ3) is 12.9. The molecular weight excluding hydrogens is 616 g/mol. The molecule has 0 fully saturated rings. The first-order valence-electron chi connectivity index (χ1n) is 16.3. The summed E-state index contributed by atoms with van der Waals surface area (Å²) in [4.78, 5) is 89.1. The second-order valence-electron chi connectivity index (χ2n) is 15.0. The van der Waals surface area contributed by atoms with Gasteiger partial charge in [0.1, 0.15) is 6.04 Å². The fourth-order valence-corrected chi connectivity index (χ4v) is 4.50. The third-order valence-electron chi connectivity index (χ3n) is 7.18. The summed E-state index contributed by atoms with van der Waals surface area (Å²) in [6.45, 7) is 16.2. The Bertz CT molecular complexity index is 1410. The van der Waals surface area contributed by atoms with E-state index in [1.165, 1.54) is 24.3 Å². The maximum Gasteiger partial charge on any atom is 0.258 e. The maximum atomic E-state index is 13.2. The minimum absolute atomic E-state index is 0.0788. The average Bonchev–Trinajstić information content (AvgIpc) is 3.29. The highest BCUT2D eigenvalue weighted by atomic mass is 16.2. The van der Waals surface area contributed by atoms with E-state index in [0.29, 0.717) is 42.7 Å². The largest absolute Gasteiger partial charge is 0.356 e. The van der Waals surface area contributed by atoms with E-state index < -0.39 is 52.6 Å². The monoisotopic (exact) mass is 668 g/mol. The lowest BCUT2D eigenvalue weighted by Gasteiger charge is -2.24. The maximum absolute atomic E-state index is 13.2. The lowest BCUT2D eigenvalue weighted by Crippen LogP contribution is -2.51. The first-order valence-corrected chi connectivity index (χ1v) is 16.3. The predicted molar refractivity (Wildman–Crippen MR) is 184 cm³/mol. The molecule has 1 aliphatic rings. The first kappa shape index (κ1) is 39.6. The summed E-state index contributed by atoms with van der Waals surface area (Å²) in [7, 11) is 0. The number of nitrogens with one attached hydrogen (secondary N) is 5. The van der Waals surface area contributed by atoms with Crippen LogP contribution < -0.4 is 31.5 Å². The lowest BCUT2D eigenvalue weighted by atomic mass is 9.94. The topological polar surface area (TPSA) is 183 Å². The Kier molecular flexibility index (Phi) is 13.6. The number of imide groups is 1. The molecule has 1 aromatic rings. The Morgan fingerprint density at radius 3 is 1.94 bits per heavy atom. The van der Waals surface area contributed by atoms with Crippen LogP contribution in [0.5, 0.6) is 0 Å². The van der Waals surface area contributed by atoms with E-state index in [4.69, 9.17) is 0 Å². The van der Waals surface area contributed by atoms with Crippen LogP contribution >= 0.6 is 0 Å². The fraction of sp³-hybridized carbons (Fsp3) is 0.571. The number of unbranched alkanes of at least 4 members (excludes halogenated alkanes) is 1. The van der Waals surface area contributed by atoms with Crippen molar-refractivity contribution in [1.82, 2.24) is 21.3 Å². The number of carbonyl (C=O) groups is 7. The van der Waals surface area contributed by atoms with Crippen molar-refractivity contribution in [3.63, 3.8) is 0 Å². The zero-order valence-corrected chi connectivity index (χ0v) is 29.7. The van der Waals surface area contributed by atoms with Crippen LogP contribution in [-0.4, -0.2) is 66.0 Å². The molecule has 0 radical (unpaired) electrons. The van der Waals surface area contributed by atoms with Gasteiger partial charge in [-0.1, -0.05) is 41.5 Å². The van der Waals surface area contributed by atoms with Crippen LogP contribution in [-0.2, 0) is 40.0 Å². The van der Waals surface area contributed by atoms with Crippen LogP contribution in [0.4, 0.5) is 11.4 Å². The van der Waals surface area contributed by atoms with Gasteiger partial charge in [-0.2, -0.15) is 0 Å². The summed E-state index contributed by atoms with van der Waals surface area (Å²) < 4.78 is 0. The average molecular weight is 669 g/mol. The van der Waals surface area contributed by atoms with Crippen LogP contribution in [0.25, 0.3) is 0 Å². The molecule has 13 heteroatoms. The molecule has 0 spiro atoms. The van der Waals surface area contributed by atoms with E-state index in [0.717, 1.165) is 4.90 Å². The minimum atomic E-state index is -0.900. The Balaban J connectivity index is 2.11. The highest BCUT2D eigenvalue weighted by Gasteiger charge is 2.29. The molecule has 48 heavy (non-hydrogen) atoms. The van der Waals surface area contributed by atoms with Crippen molar-refractivity contribution in [2.45, 2.75) is 106 Å². The Hall–Kier alpha value is -4.55. The lowest BCUT2D eigenvalue weighted by molar-refractivity contribution is -0.134. The fourth-order valence-electron chi connectivity index (χ4n) is 4.50. The molecule has 0 bridgehead atoms. The standard InChI is InChI=1S/C35H52N6O7/c1-33(2,3)31(47)36-19-11-10-12-25(39-32(48)34(4,5)6)30(46)37-21-27(43)38-24-15-14-23(41-28(44)17-18-29(41)45)20-22(24)13-16-26(42)40-35(7,8)9/h14-15,17-18,20,25H,10-13,16,19,21H2,1-9H3,(H,36,47)(H,37,46)(H,38,43)(H,39,48)(H,40,42). The summed E-state index contributed by atoms with van der Waals surface area (Å²) >= 11 is 0. The van der Waals surface area contributed by atoms with Gasteiger partial charge in [0.25, 0.3) is 11.8 Å². The Morgan fingerprint density at radius 1 is 0.771 bits per heavy atom. The molecule has 7 amide bonds. The molecule has 1 heterocycles. The van der Waals surface area contributed by atoms with E-state index >= 15 is 0 Å². The molecule has 0 saturated carbocycles. The number of rotatable bonds is 14. The number of aryl methyl sites for hydroxylation is 1. The van der Waals surface area contributed by atoms with E-state index in [-0.39, 0.29) is 30.6 Å². The third-order valence-corrected chi connectivity index (χ3v) is 7.18. The number of hydrogen-bond acceptors (Lipinski definition) is 7. The molecule has 1 aliphatic heterocycles. The van der Waals surface area contributed by atoms with Gasteiger partial charge in [-0.3, -0.25) is 33.6 Å². The van der Waals surface area contributed by atoms with Gasteiger partial charge in [0.15, 0.2) is 0 Å². The van der Waals surface area contributed by atoms with Crippen molar-refractivity contribution >= 4 is 52.7 Å². The SMILES string of the molecule is CC(C)(C)NC(=O)CCc1cc(N2C(=O)C=CC2=O)ccc1NC(=O)CNC(=O)C(CCCCNC(=O)C(C)(C)C)NC(=O)C(C)(C)C. The first-order chi connectivity index (χ1) is 22.1. The van der Waals surface area contributed by atoms with E-state index in [9.17, 15) is 33.6 Å². The summed E-state index contributed by atoms with van der Waals surface area (Å²) in [5, 5.41) is 13.9. The van der Waals surface area contributed by atoms with Gasteiger partial charge >= 0.3 is 0 Å². The second-order valence-corrected chi connectivity index (χ2v) is 15.0. The Labute approximate surface area is 283 Å². The van der Waals surface area contributed by atoms with Crippen LogP contribution in [0.3, 0.4) is 0 Å². The van der Waals surface area contributed by atoms with Crippen molar-refractivity contribution in [3.05, 3.63) is 35.9 Å². The summed E-state index contributed by atoms with van der Waals surface area (Å²) in [5.74, 6) is -2.71. The molecule has 1 aromatic carbocycles. The Morgan fingerprint density at radius 2 is 1.38 bits per heavy atom. The van der Waals surface area contributed by atoms with Crippen LogP contribution in [0.2, 0.25) is 0 Å². The predicted octanol–water partition coefficient (Wildman–Crippen LogP) is 2.88. The van der Waals surface area contributed by atoms with E-state index in [1.54, 1.807) is 26.8 Å². The molecule has 5 N–H and O–H groups in total. The highest BCUT2D eigenvalue weighted by Crippen LogP contribution is 2.27. The summed E-state index contributed by atoms with van der Waals surface area (Å²) in [6.07, 6.45) is 4.03. The molecule has 13 nitrogen and oxygen atoms in total.